The van der Waals surface area contributed by atoms with Crippen molar-refractivity contribution in [1.82, 2.24) is 4.98 Å². The molecule has 1 saturated heterocycles. The van der Waals surface area contributed by atoms with Gasteiger partial charge in [0.25, 0.3) is 0 Å². The first-order valence-corrected chi connectivity index (χ1v) is 7.67. The molecule has 0 bridgehead atoms. The van der Waals surface area contributed by atoms with Gasteiger partial charge in [0, 0.05) is 29.0 Å². The monoisotopic (exact) mass is 350 g/mol. The minimum atomic E-state index is 0.752. The van der Waals surface area contributed by atoms with Crippen LogP contribution in [0.4, 0.5) is 5.82 Å². The maximum Gasteiger partial charge on any atom is 0.142 e. The number of rotatable bonds is 2. The predicted octanol–water partition coefficient (Wildman–Crippen LogP) is 3.55. The molecule has 0 N–H and O–H groups in total. The van der Waals surface area contributed by atoms with E-state index in [9.17, 15) is 0 Å². The molecule has 0 saturated carbocycles. The van der Waals surface area contributed by atoms with Crippen LogP contribution in [0.25, 0.3) is 0 Å². The predicted molar refractivity (Wildman–Crippen MR) is 73.8 cm³/mol. The molecular formula is C10H12Br2N2S. The lowest BCUT2D eigenvalue weighted by atomic mass is 10.4. The summed E-state index contributed by atoms with van der Waals surface area (Å²) >= 11 is 8.92. The highest BCUT2D eigenvalue weighted by Crippen LogP contribution is 2.31. The molecule has 1 aliphatic heterocycles. The van der Waals surface area contributed by atoms with E-state index in [1.807, 2.05) is 18.0 Å². The average Bonchev–Trinajstić information content (AvgIpc) is 2.66. The summed E-state index contributed by atoms with van der Waals surface area (Å²) in [6, 6.07) is 2.05. The van der Waals surface area contributed by atoms with E-state index in [0.717, 1.165) is 33.1 Å². The van der Waals surface area contributed by atoms with Crippen molar-refractivity contribution in [3.8, 4) is 0 Å². The van der Waals surface area contributed by atoms with E-state index in [4.69, 9.17) is 0 Å². The van der Waals surface area contributed by atoms with Crippen molar-refractivity contribution in [2.45, 2.75) is 11.7 Å². The Kier molecular flexibility index (Phi) is 3.96. The molecule has 1 unspecified atom stereocenters. The Morgan fingerprint density at radius 3 is 2.93 bits per heavy atom. The first-order valence-electron chi connectivity index (χ1n) is 4.79. The minimum Gasteiger partial charge on any atom is -0.355 e. The summed E-state index contributed by atoms with van der Waals surface area (Å²) in [5.41, 5.74) is 0. The SMILES string of the molecule is CSC1CCN(c2ncc(Br)cc2Br)C1. The van der Waals surface area contributed by atoms with Gasteiger partial charge in [0.1, 0.15) is 5.82 Å². The van der Waals surface area contributed by atoms with Gasteiger partial charge in [-0.3, -0.25) is 0 Å². The highest BCUT2D eigenvalue weighted by Gasteiger charge is 2.23. The van der Waals surface area contributed by atoms with E-state index >= 15 is 0 Å². The van der Waals surface area contributed by atoms with E-state index in [-0.39, 0.29) is 0 Å². The molecule has 2 nitrogen and oxygen atoms in total. The minimum absolute atomic E-state index is 0.752. The number of hydrogen-bond acceptors (Lipinski definition) is 3. The Bertz CT molecular complexity index is 359. The third-order valence-corrected chi connectivity index (χ3v) is 4.63. The summed E-state index contributed by atoms with van der Waals surface area (Å²) in [6.07, 6.45) is 5.29. The molecule has 0 amide bonds. The van der Waals surface area contributed by atoms with Crippen LogP contribution in [-0.4, -0.2) is 29.6 Å². The van der Waals surface area contributed by atoms with Gasteiger partial charge in [-0.1, -0.05) is 0 Å². The van der Waals surface area contributed by atoms with Gasteiger partial charge in [-0.05, 0) is 50.6 Å². The third-order valence-electron chi connectivity index (χ3n) is 2.57. The van der Waals surface area contributed by atoms with Crippen molar-refractivity contribution in [3.63, 3.8) is 0 Å². The molecule has 0 aromatic carbocycles. The van der Waals surface area contributed by atoms with Gasteiger partial charge < -0.3 is 4.90 Å². The van der Waals surface area contributed by atoms with E-state index in [2.05, 4.69) is 54.1 Å². The van der Waals surface area contributed by atoms with Crippen LogP contribution in [0.2, 0.25) is 0 Å². The third kappa shape index (κ3) is 2.68. The molecule has 0 aliphatic carbocycles. The number of anilines is 1. The summed E-state index contributed by atoms with van der Waals surface area (Å²) in [4.78, 5) is 6.80. The maximum absolute atomic E-state index is 4.45. The van der Waals surface area contributed by atoms with E-state index < -0.39 is 0 Å². The van der Waals surface area contributed by atoms with Crippen LogP contribution in [0, 0.1) is 0 Å². The molecule has 15 heavy (non-hydrogen) atoms. The van der Waals surface area contributed by atoms with Crippen molar-refractivity contribution in [2.24, 2.45) is 0 Å². The second-order valence-electron chi connectivity index (χ2n) is 3.55. The van der Waals surface area contributed by atoms with Crippen molar-refractivity contribution >= 4 is 49.4 Å². The molecule has 1 aromatic rings. The quantitative estimate of drug-likeness (QED) is 0.810. The van der Waals surface area contributed by atoms with Crippen LogP contribution < -0.4 is 4.90 Å². The van der Waals surface area contributed by atoms with Crippen LogP contribution in [0.15, 0.2) is 21.2 Å². The number of pyridine rings is 1. The number of thioether (sulfide) groups is 1. The van der Waals surface area contributed by atoms with Crippen LogP contribution in [0.5, 0.6) is 0 Å². The second-order valence-corrected chi connectivity index (χ2v) is 6.46. The lowest BCUT2D eigenvalue weighted by molar-refractivity contribution is 0.932. The average molecular weight is 352 g/mol. The summed E-state index contributed by atoms with van der Waals surface area (Å²) in [6.45, 7) is 2.22. The van der Waals surface area contributed by atoms with Crippen molar-refractivity contribution in [1.29, 1.82) is 0 Å². The van der Waals surface area contributed by atoms with Crippen molar-refractivity contribution < 1.29 is 0 Å². The van der Waals surface area contributed by atoms with Gasteiger partial charge in [-0.15, -0.1) is 0 Å². The Morgan fingerprint density at radius 2 is 2.33 bits per heavy atom. The van der Waals surface area contributed by atoms with Crippen LogP contribution in [0.1, 0.15) is 6.42 Å². The fraction of sp³-hybridized carbons (Fsp3) is 0.500. The van der Waals surface area contributed by atoms with Gasteiger partial charge in [0.2, 0.25) is 0 Å². The Hall–Kier alpha value is 0.260. The molecule has 0 radical (unpaired) electrons. The van der Waals surface area contributed by atoms with Crippen LogP contribution in [0.3, 0.4) is 0 Å². The summed E-state index contributed by atoms with van der Waals surface area (Å²) in [5, 5.41) is 0.752. The molecule has 82 valence electrons. The molecular weight excluding hydrogens is 340 g/mol. The van der Waals surface area contributed by atoms with E-state index in [1.165, 1.54) is 6.42 Å². The van der Waals surface area contributed by atoms with Gasteiger partial charge in [-0.2, -0.15) is 11.8 Å². The molecule has 2 rings (SSSR count). The highest BCUT2D eigenvalue weighted by molar-refractivity contribution is 9.11. The Morgan fingerprint density at radius 1 is 1.53 bits per heavy atom. The van der Waals surface area contributed by atoms with E-state index in [1.54, 1.807) is 0 Å². The van der Waals surface area contributed by atoms with Gasteiger partial charge in [0.05, 0.1) is 4.47 Å². The molecule has 1 atom stereocenters. The molecule has 0 spiro atoms. The van der Waals surface area contributed by atoms with E-state index in [0.29, 0.717) is 0 Å². The Balaban J connectivity index is 2.17. The number of aromatic nitrogens is 1. The topological polar surface area (TPSA) is 16.1 Å². The zero-order chi connectivity index (χ0) is 10.8. The molecule has 1 aromatic heterocycles. The summed E-state index contributed by atoms with van der Waals surface area (Å²) < 4.78 is 2.08. The standard InChI is InChI=1S/C10H12Br2N2S/c1-15-8-2-3-14(6-8)10-9(12)4-7(11)5-13-10/h4-5,8H,2-3,6H2,1H3. The van der Waals surface area contributed by atoms with Crippen LogP contribution >= 0.6 is 43.6 Å². The fourth-order valence-corrected chi connectivity index (χ4v) is 3.66. The number of hydrogen-bond donors (Lipinski definition) is 0. The maximum atomic E-state index is 4.45. The van der Waals surface area contributed by atoms with Crippen LogP contribution in [-0.2, 0) is 0 Å². The first-order chi connectivity index (χ1) is 7.20. The zero-order valence-corrected chi connectivity index (χ0v) is 12.4. The normalized spacial score (nSPS) is 21.0. The smallest absolute Gasteiger partial charge is 0.142 e. The largest absolute Gasteiger partial charge is 0.355 e. The zero-order valence-electron chi connectivity index (χ0n) is 8.41. The van der Waals surface area contributed by atoms with Gasteiger partial charge >= 0.3 is 0 Å². The van der Waals surface area contributed by atoms with Crippen molar-refractivity contribution in [2.75, 3.05) is 24.2 Å². The lowest BCUT2D eigenvalue weighted by Gasteiger charge is -2.18. The first kappa shape index (κ1) is 11.7. The molecule has 1 fully saturated rings. The van der Waals surface area contributed by atoms with Gasteiger partial charge in [0.15, 0.2) is 0 Å². The highest BCUT2D eigenvalue weighted by atomic mass is 79.9. The van der Waals surface area contributed by atoms with Gasteiger partial charge in [-0.25, -0.2) is 4.98 Å². The van der Waals surface area contributed by atoms with Crippen molar-refractivity contribution in [3.05, 3.63) is 21.2 Å². The molecule has 1 aliphatic rings. The Labute approximate surface area is 111 Å². The molecule has 2 heterocycles. The lowest BCUT2D eigenvalue weighted by Crippen LogP contribution is -2.21. The molecule has 5 heteroatoms. The fourth-order valence-electron chi connectivity index (χ4n) is 1.75. The summed E-state index contributed by atoms with van der Waals surface area (Å²) in [5.74, 6) is 1.06. The summed E-state index contributed by atoms with van der Waals surface area (Å²) in [7, 11) is 0. The number of halogens is 2. The second kappa shape index (κ2) is 5.06. The number of nitrogens with zero attached hydrogens (tertiary/aromatic N) is 2.